The van der Waals surface area contributed by atoms with Crippen LogP contribution in [0.4, 0.5) is 17.1 Å². The molecule has 10 aromatic rings. The molecule has 2 heteroatoms. The van der Waals surface area contributed by atoms with Gasteiger partial charge in [-0.1, -0.05) is 164 Å². The molecule has 254 valence electrons. The lowest BCUT2D eigenvalue weighted by molar-refractivity contribution is 1.18. The molecule has 1 aromatic heterocycles. The summed E-state index contributed by atoms with van der Waals surface area (Å²) in [4.78, 5) is 2.40. The highest BCUT2D eigenvalue weighted by Crippen LogP contribution is 2.46. The number of hydrogen-bond donors (Lipinski definition) is 0. The SMILES string of the molecule is c1ccc(-c2ccc(N(c3ccccc3)c3cccc4c3c3ccccc3n4-c3cccc(-c4ccccc4)c3-c3ccc4ccccc4c3)cc2)cc1. The lowest BCUT2D eigenvalue weighted by Gasteiger charge is -2.27. The third-order valence-corrected chi connectivity index (χ3v) is 10.6. The number of fused-ring (bicyclic) bond motifs is 4. The Kier molecular flexibility index (Phi) is 7.85. The summed E-state index contributed by atoms with van der Waals surface area (Å²) >= 11 is 0. The number of nitrogens with zero attached hydrogens (tertiary/aromatic N) is 2. The largest absolute Gasteiger partial charge is 0.310 e. The molecule has 0 saturated carbocycles. The van der Waals surface area contributed by atoms with Gasteiger partial charge in [-0.3, -0.25) is 0 Å². The molecule has 0 saturated heterocycles. The maximum absolute atomic E-state index is 2.48. The van der Waals surface area contributed by atoms with Crippen LogP contribution in [-0.4, -0.2) is 4.57 Å². The van der Waals surface area contributed by atoms with Crippen LogP contribution in [-0.2, 0) is 0 Å². The summed E-state index contributed by atoms with van der Waals surface area (Å²) in [5.41, 5.74) is 14.0. The second kappa shape index (κ2) is 13.4. The molecular formula is C52H36N2. The molecule has 0 N–H and O–H groups in total. The van der Waals surface area contributed by atoms with Gasteiger partial charge in [-0.15, -0.1) is 0 Å². The van der Waals surface area contributed by atoms with Crippen LogP contribution in [0.5, 0.6) is 0 Å². The lowest BCUT2D eigenvalue weighted by atomic mass is 9.91. The highest BCUT2D eigenvalue weighted by Gasteiger charge is 2.23. The molecule has 1 heterocycles. The van der Waals surface area contributed by atoms with Gasteiger partial charge in [0, 0.05) is 27.7 Å². The summed E-state index contributed by atoms with van der Waals surface area (Å²) < 4.78 is 2.48. The van der Waals surface area contributed by atoms with Gasteiger partial charge in [0.15, 0.2) is 0 Å². The molecule has 0 spiro atoms. The van der Waals surface area contributed by atoms with Gasteiger partial charge in [-0.2, -0.15) is 0 Å². The van der Waals surface area contributed by atoms with Gasteiger partial charge in [0.2, 0.25) is 0 Å². The number of benzene rings is 9. The van der Waals surface area contributed by atoms with Crippen LogP contribution in [0.15, 0.2) is 218 Å². The summed E-state index contributed by atoms with van der Waals surface area (Å²) in [5.74, 6) is 0. The van der Waals surface area contributed by atoms with Crippen molar-refractivity contribution in [3.05, 3.63) is 218 Å². The predicted octanol–water partition coefficient (Wildman–Crippen LogP) is 14.4. The average molecular weight is 689 g/mol. The second-order valence-electron chi connectivity index (χ2n) is 13.7. The van der Waals surface area contributed by atoms with Crippen LogP contribution >= 0.6 is 0 Å². The molecule has 0 atom stereocenters. The molecule has 0 bridgehead atoms. The van der Waals surface area contributed by atoms with E-state index in [2.05, 4.69) is 228 Å². The van der Waals surface area contributed by atoms with Gasteiger partial charge < -0.3 is 9.47 Å². The van der Waals surface area contributed by atoms with Crippen molar-refractivity contribution in [2.75, 3.05) is 4.90 Å². The Morgan fingerprint density at radius 1 is 0.352 bits per heavy atom. The first-order valence-corrected chi connectivity index (χ1v) is 18.5. The van der Waals surface area contributed by atoms with Gasteiger partial charge in [0.1, 0.15) is 0 Å². The monoisotopic (exact) mass is 688 g/mol. The van der Waals surface area contributed by atoms with Crippen molar-refractivity contribution in [1.82, 2.24) is 4.57 Å². The van der Waals surface area contributed by atoms with Gasteiger partial charge in [-0.25, -0.2) is 0 Å². The molecule has 2 nitrogen and oxygen atoms in total. The van der Waals surface area contributed by atoms with Crippen LogP contribution in [0, 0.1) is 0 Å². The van der Waals surface area contributed by atoms with Crippen molar-refractivity contribution in [3.8, 4) is 39.1 Å². The highest BCUT2D eigenvalue weighted by atomic mass is 15.1. The van der Waals surface area contributed by atoms with E-state index in [1.165, 1.54) is 60.4 Å². The van der Waals surface area contributed by atoms with E-state index in [-0.39, 0.29) is 0 Å². The zero-order chi connectivity index (χ0) is 35.8. The Balaban J connectivity index is 1.24. The van der Waals surface area contributed by atoms with E-state index in [0.717, 1.165) is 28.3 Å². The summed E-state index contributed by atoms with van der Waals surface area (Å²) in [6.45, 7) is 0. The van der Waals surface area contributed by atoms with E-state index in [1.807, 2.05) is 0 Å². The minimum Gasteiger partial charge on any atom is -0.310 e. The zero-order valence-corrected chi connectivity index (χ0v) is 29.7. The fourth-order valence-corrected chi connectivity index (χ4v) is 8.12. The predicted molar refractivity (Wildman–Crippen MR) is 229 cm³/mol. The van der Waals surface area contributed by atoms with Gasteiger partial charge in [0.05, 0.1) is 22.4 Å². The second-order valence-corrected chi connectivity index (χ2v) is 13.7. The molecular weight excluding hydrogens is 653 g/mol. The van der Waals surface area contributed by atoms with Crippen molar-refractivity contribution in [2.45, 2.75) is 0 Å². The lowest BCUT2D eigenvalue weighted by Crippen LogP contribution is -2.10. The van der Waals surface area contributed by atoms with Crippen molar-refractivity contribution in [3.63, 3.8) is 0 Å². The zero-order valence-electron chi connectivity index (χ0n) is 29.7. The van der Waals surface area contributed by atoms with Crippen LogP contribution in [0.1, 0.15) is 0 Å². The van der Waals surface area contributed by atoms with Crippen molar-refractivity contribution in [2.24, 2.45) is 0 Å². The fourth-order valence-electron chi connectivity index (χ4n) is 8.12. The molecule has 10 rings (SSSR count). The third-order valence-electron chi connectivity index (χ3n) is 10.6. The van der Waals surface area contributed by atoms with Gasteiger partial charge in [-0.05, 0) is 93.2 Å². The Hall–Kier alpha value is -7.16. The topological polar surface area (TPSA) is 8.17 Å². The highest BCUT2D eigenvalue weighted by molar-refractivity contribution is 6.17. The van der Waals surface area contributed by atoms with Gasteiger partial charge in [0.25, 0.3) is 0 Å². The normalized spacial score (nSPS) is 11.3. The average Bonchev–Trinajstić information content (AvgIpc) is 3.59. The first-order chi connectivity index (χ1) is 26.8. The smallest absolute Gasteiger partial charge is 0.0562 e. The van der Waals surface area contributed by atoms with Crippen molar-refractivity contribution in [1.29, 1.82) is 0 Å². The summed E-state index contributed by atoms with van der Waals surface area (Å²) in [6, 6.07) is 78.9. The van der Waals surface area contributed by atoms with E-state index in [4.69, 9.17) is 0 Å². The van der Waals surface area contributed by atoms with E-state index in [1.54, 1.807) is 0 Å². The molecule has 9 aromatic carbocycles. The maximum atomic E-state index is 2.48. The summed E-state index contributed by atoms with van der Waals surface area (Å²) in [6.07, 6.45) is 0. The van der Waals surface area contributed by atoms with Crippen LogP contribution in [0.2, 0.25) is 0 Å². The first-order valence-electron chi connectivity index (χ1n) is 18.5. The van der Waals surface area contributed by atoms with Crippen LogP contribution in [0.3, 0.4) is 0 Å². The van der Waals surface area contributed by atoms with E-state index >= 15 is 0 Å². The Bertz CT molecular complexity index is 2910. The van der Waals surface area contributed by atoms with E-state index in [0.29, 0.717) is 0 Å². The number of aromatic nitrogens is 1. The van der Waals surface area contributed by atoms with Gasteiger partial charge >= 0.3 is 0 Å². The molecule has 0 aliphatic carbocycles. The molecule has 0 aliphatic heterocycles. The molecule has 0 unspecified atom stereocenters. The Morgan fingerprint density at radius 3 is 1.70 bits per heavy atom. The summed E-state index contributed by atoms with van der Waals surface area (Å²) in [7, 11) is 0. The molecule has 0 radical (unpaired) electrons. The Labute approximate surface area is 315 Å². The van der Waals surface area contributed by atoms with Crippen LogP contribution < -0.4 is 4.90 Å². The number of hydrogen-bond acceptors (Lipinski definition) is 1. The third kappa shape index (κ3) is 5.44. The first kappa shape index (κ1) is 31.6. The fraction of sp³-hybridized carbons (Fsp3) is 0. The molecule has 0 aliphatic rings. The van der Waals surface area contributed by atoms with E-state index < -0.39 is 0 Å². The van der Waals surface area contributed by atoms with E-state index in [9.17, 15) is 0 Å². The number of rotatable bonds is 7. The quantitative estimate of drug-likeness (QED) is 0.162. The molecule has 0 fully saturated rings. The van der Waals surface area contributed by atoms with Crippen molar-refractivity contribution >= 4 is 49.6 Å². The summed E-state index contributed by atoms with van der Waals surface area (Å²) in [5, 5.41) is 4.88. The Morgan fingerprint density at radius 2 is 0.926 bits per heavy atom. The standard InChI is InChI=1S/C52H36N2/c1-4-16-37(17-5-1)39-32-34-44(35-33-39)53(43-22-8-3-9-23-43)49-28-15-29-50-52(49)46-24-12-13-26-47(46)54(50)48-27-14-25-45(40-19-6-2-7-20-40)51(48)42-31-30-38-18-10-11-21-41(38)36-42/h1-36H. The van der Waals surface area contributed by atoms with Crippen LogP contribution in [0.25, 0.3) is 71.6 Å². The molecule has 54 heavy (non-hydrogen) atoms. The van der Waals surface area contributed by atoms with Crippen molar-refractivity contribution < 1.29 is 0 Å². The number of para-hydroxylation sites is 2. The minimum absolute atomic E-state index is 1.10. The minimum atomic E-state index is 1.10. The molecule has 0 amide bonds. The number of anilines is 3. The maximum Gasteiger partial charge on any atom is 0.0562 e.